The summed E-state index contributed by atoms with van der Waals surface area (Å²) >= 11 is 0. The highest BCUT2D eigenvalue weighted by Crippen LogP contribution is 2.66. The van der Waals surface area contributed by atoms with Gasteiger partial charge >= 0.3 is 5.97 Å². The van der Waals surface area contributed by atoms with Crippen molar-refractivity contribution in [2.75, 3.05) is 6.54 Å². The lowest BCUT2D eigenvalue weighted by molar-refractivity contribution is -0.165. The SMILES string of the molecule is CC(CCc1ccc(O)c(O)c1)C(=O)N1CCCC1C(=O)OC1CC2CCC1(C)C2(C)C. The highest BCUT2D eigenvalue weighted by Gasteiger charge is 2.63. The Hall–Kier alpha value is -2.24. The maximum absolute atomic E-state index is 13.2. The summed E-state index contributed by atoms with van der Waals surface area (Å²) in [5.41, 5.74) is 1.06. The van der Waals surface area contributed by atoms with Gasteiger partial charge in [-0.05, 0) is 74.0 Å². The first-order chi connectivity index (χ1) is 15.0. The van der Waals surface area contributed by atoms with Gasteiger partial charge in [-0.1, -0.05) is 33.8 Å². The number of ether oxygens (including phenoxy) is 1. The van der Waals surface area contributed by atoms with Crippen molar-refractivity contribution in [2.24, 2.45) is 22.7 Å². The smallest absolute Gasteiger partial charge is 0.329 e. The Morgan fingerprint density at radius 1 is 1.19 bits per heavy atom. The molecule has 0 radical (unpaired) electrons. The average Bonchev–Trinajstić information content (AvgIpc) is 3.37. The molecule has 2 saturated carbocycles. The van der Waals surface area contributed by atoms with Crippen LogP contribution in [0.25, 0.3) is 0 Å². The van der Waals surface area contributed by atoms with E-state index in [9.17, 15) is 19.8 Å². The molecule has 4 rings (SSSR count). The predicted octanol–water partition coefficient (Wildman–Crippen LogP) is 4.42. The summed E-state index contributed by atoms with van der Waals surface area (Å²) in [5, 5.41) is 19.1. The first-order valence-electron chi connectivity index (χ1n) is 12.1. The molecule has 0 aromatic heterocycles. The second-order valence-corrected chi connectivity index (χ2v) is 11.0. The fraction of sp³-hybridized carbons (Fsp3) is 0.692. The van der Waals surface area contributed by atoms with Crippen LogP contribution in [0.2, 0.25) is 0 Å². The number of amides is 1. The average molecular weight is 444 g/mol. The van der Waals surface area contributed by atoms with Crippen molar-refractivity contribution < 1.29 is 24.5 Å². The van der Waals surface area contributed by atoms with Crippen LogP contribution < -0.4 is 0 Å². The number of aryl methyl sites for hydroxylation is 1. The van der Waals surface area contributed by atoms with Crippen molar-refractivity contribution in [3.05, 3.63) is 23.8 Å². The molecule has 3 fully saturated rings. The second-order valence-electron chi connectivity index (χ2n) is 11.0. The van der Waals surface area contributed by atoms with Crippen LogP contribution >= 0.6 is 0 Å². The van der Waals surface area contributed by atoms with Gasteiger partial charge in [-0.15, -0.1) is 0 Å². The number of phenolic OH excluding ortho intramolecular Hbond substituents is 2. The molecule has 1 amide bonds. The molecule has 0 spiro atoms. The van der Waals surface area contributed by atoms with Crippen molar-refractivity contribution in [3.63, 3.8) is 0 Å². The standard InChI is InChI=1S/C26H37NO5/c1-16(7-8-17-9-10-20(28)21(29)14-17)23(30)27-13-5-6-19(27)24(31)32-22-15-18-11-12-26(22,4)25(18,2)3/h9-10,14,16,18-19,22,28-29H,5-8,11-13,15H2,1-4H3. The van der Waals surface area contributed by atoms with E-state index in [1.165, 1.54) is 18.6 Å². The molecule has 1 aliphatic heterocycles. The van der Waals surface area contributed by atoms with Crippen LogP contribution in [0.15, 0.2) is 18.2 Å². The number of carbonyl (C=O) groups excluding carboxylic acids is 2. The monoisotopic (exact) mass is 443 g/mol. The minimum Gasteiger partial charge on any atom is -0.504 e. The molecule has 1 saturated heterocycles. The molecule has 6 nitrogen and oxygen atoms in total. The summed E-state index contributed by atoms with van der Waals surface area (Å²) < 4.78 is 6.10. The Labute approximate surface area is 190 Å². The van der Waals surface area contributed by atoms with Gasteiger partial charge in [-0.2, -0.15) is 0 Å². The van der Waals surface area contributed by atoms with E-state index in [1.54, 1.807) is 11.0 Å². The molecule has 2 aliphatic carbocycles. The maximum atomic E-state index is 13.2. The fourth-order valence-corrected chi connectivity index (χ4v) is 6.32. The van der Waals surface area contributed by atoms with Crippen LogP contribution in [-0.2, 0) is 20.7 Å². The van der Waals surface area contributed by atoms with Gasteiger partial charge in [0.05, 0.1) is 0 Å². The van der Waals surface area contributed by atoms with Crippen molar-refractivity contribution >= 4 is 11.9 Å². The van der Waals surface area contributed by atoms with Crippen molar-refractivity contribution in [2.45, 2.75) is 84.8 Å². The number of esters is 1. The van der Waals surface area contributed by atoms with Gasteiger partial charge in [-0.3, -0.25) is 4.79 Å². The topological polar surface area (TPSA) is 87.1 Å². The number of rotatable bonds is 6. The molecule has 176 valence electrons. The van der Waals surface area contributed by atoms with E-state index in [4.69, 9.17) is 4.74 Å². The normalized spacial score (nSPS) is 31.6. The van der Waals surface area contributed by atoms with E-state index < -0.39 is 6.04 Å². The quantitative estimate of drug-likeness (QED) is 0.502. The molecule has 1 aromatic carbocycles. The predicted molar refractivity (Wildman–Crippen MR) is 121 cm³/mol. The Morgan fingerprint density at radius 2 is 1.94 bits per heavy atom. The van der Waals surface area contributed by atoms with Crippen LogP contribution in [0, 0.1) is 22.7 Å². The minimum atomic E-state index is -0.478. The number of likely N-dealkylation sites (tertiary alicyclic amines) is 1. The molecule has 32 heavy (non-hydrogen) atoms. The number of phenols is 2. The third-order valence-electron chi connectivity index (χ3n) is 9.11. The summed E-state index contributed by atoms with van der Waals surface area (Å²) in [6.45, 7) is 9.36. The molecule has 2 N–H and O–H groups in total. The lowest BCUT2D eigenvalue weighted by atomic mass is 9.70. The zero-order chi connectivity index (χ0) is 23.3. The van der Waals surface area contributed by atoms with Gasteiger partial charge in [0.2, 0.25) is 5.91 Å². The molecule has 6 heteroatoms. The van der Waals surface area contributed by atoms with E-state index >= 15 is 0 Å². The van der Waals surface area contributed by atoms with Crippen molar-refractivity contribution in [3.8, 4) is 11.5 Å². The van der Waals surface area contributed by atoms with E-state index in [-0.39, 0.29) is 46.2 Å². The Morgan fingerprint density at radius 3 is 2.56 bits per heavy atom. The van der Waals surface area contributed by atoms with Gasteiger partial charge in [0, 0.05) is 17.9 Å². The van der Waals surface area contributed by atoms with Crippen LogP contribution in [0.1, 0.15) is 71.8 Å². The molecule has 1 aromatic rings. The van der Waals surface area contributed by atoms with E-state index in [2.05, 4.69) is 20.8 Å². The summed E-state index contributed by atoms with van der Waals surface area (Å²) in [6, 6.07) is 4.26. The van der Waals surface area contributed by atoms with Crippen LogP contribution in [0.3, 0.4) is 0 Å². The van der Waals surface area contributed by atoms with E-state index in [0.29, 0.717) is 31.7 Å². The number of aromatic hydroxyl groups is 2. The number of hydrogen-bond acceptors (Lipinski definition) is 5. The number of fused-ring (bicyclic) bond motifs is 2. The summed E-state index contributed by atoms with van der Waals surface area (Å²) in [4.78, 5) is 28.0. The largest absolute Gasteiger partial charge is 0.504 e. The first-order valence-corrected chi connectivity index (χ1v) is 12.1. The van der Waals surface area contributed by atoms with E-state index in [1.807, 2.05) is 6.92 Å². The number of nitrogens with zero attached hydrogens (tertiary/aromatic N) is 1. The third-order valence-corrected chi connectivity index (χ3v) is 9.11. The van der Waals surface area contributed by atoms with Crippen molar-refractivity contribution in [1.29, 1.82) is 0 Å². The molecule has 5 atom stereocenters. The Balaban J connectivity index is 1.35. The molecular weight excluding hydrogens is 406 g/mol. The zero-order valence-corrected chi connectivity index (χ0v) is 19.8. The number of carbonyl (C=O) groups is 2. The van der Waals surface area contributed by atoms with Crippen LogP contribution in [0.4, 0.5) is 0 Å². The number of benzene rings is 1. The zero-order valence-electron chi connectivity index (χ0n) is 19.8. The molecular formula is C26H37NO5. The molecule has 5 unspecified atom stereocenters. The first kappa shape index (κ1) is 22.9. The second kappa shape index (κ2) is 8.27. The molecule has 3 aliphatic rings. The highest BCUT2D eigenvalue weighted by molar-refractivity contribution is 5.86. The molecule has 2 bridgehead atoms. The third kappa shape index (κ3) is 3.75. The summed E-state index contributed by atoms with van der Waals surface area (Å²) in [7, 11) is 0. The minimum absolute atomic E-state index is 0.00747. The van der Waals surface area contributed by atoms with Gasteiger partial charge in [0.1, 0.15) is 12.1 Å². The summed E-state index contributed by atoms with van der Waals surface area (Å²) in [6.07, 6.45) is 5.90. The van der Waals surface area contributed by atoms with E-state index in [0.717, 1.165) is 24.8 Å². The lowest BCUT2D eigenvalue weighted by Gasteiger charge is -2.39. The maximum Gasteiger partial charge on any atom is 0.329 e. The van der Waals surface area contributed by atoms with Crippen molar-refractivity contribution in [1.82, 2.24) is 4.90 Å². The van der Waals surface area contributed by atoms with Gasteiger partial charge in [-0.25, -0.2) is 4.79 Å². The van der Waals surface area contributed by atoms with Gasteiger partial charge < -0.3 is 19.8 Å². The van der Waals surface area contributed by atoms with Gasteiger partial charge in [0.25, 0.3) is 0 Å². The number of hydrogen-bond donors (Lipinski definition) is 2. The fourth-order valence-electron chi connectivity index (χ4n) is 6.32. The summed E-state index contributed by atoms with van der Waals surface area (Å²) in [5.74, 6) is -0.178. The highest BCUT2D eigenvalue weighted by atomic mass is 16.5. The van der Waals surface area contributed by atoms with Crippen LogP contribution in [0.5, 0.6) is 11.5 Å². The Kier molecular flexibility index (Phi) is 5.93. The molecule has 1 heterocycles. The van der Waals surface area contributed by atoms with Gasteiger partial charge in [0.15, 0.2) is 11.5 Å². The lowest BCUT2D eigenvalue weighted by Crippen LogP contribution is -2.46. The van der Waals surface area contributed by atoms with Crippen LogP contribution in [-0.4, -0.2) is 45.7 Å². The Bertz CT molecular complexity index is 896.